The molecule has 122 valence electrons. The molecule has 0 spiro atoms. The van der Waals surface area contributed by atoms with Gasteiger partial charge in [0, 0.05) is 23.4 Å². The summed E-state index contributed by atoms with van der Waals surface area (Å²) in [6, 6.07) is 6.22. The Morgan fingerprint density at radius 3 is 2.68 bits per heavy atom. The first-order valence-electron chi connectivity index (χ1n) is 8.69. The summed E-state index contributed by atoms with van der Waals surface area (Å²) >= 11 is 1.91. The number of nitrogens with zero attached hydrogens (tertiary/aromatic N) is 1. The van der Waals surface area contributed by atoms with Gasteiger partial charge in [-0.25, -0.2) is 0 Å². The average molecular weight is 320 g/mol. The van der Waals surface area contributed by atoms with Crippen LogP contribution in [-0.2, 0) is 0 Å². The van der Waals surface area contributed by atoms with E-state index in [1.807, 2.05) is 17.8 Å². The van der Waals surface area contributed by atoms with E-state index in [0.717, 1.165) is 12.1 Å². The molecule has 0 radical (unpaired) electrons. The lowest BCUT2D eigenvalue weighted by Crippen LogP contribution is -2.31. The molecule has 1 aliphatic rings. The number of hydrogen-bond acceptors (Lipinski definition) is 3. The van der Waals surface area contributed by atoms with Crippen molar-refractivity contribution >= 4 is 17.5 Å². The molecule has 2 nitrogen and oxygen atoms in total. The molecule has 1 fully saturated rings. The highest BCUT2D eigenvalue weighted by atomic mass is 32.2. The number of ketones is 1. The SMILES string of the molecule is CCCCSc1ccc(C(=O)CCN2CCCCC2)cc1C. The summed E-state index contributed by atoms with van der Waals surface area (Å²) in [7, 11) is 0. The van der Waals surface area contributed by atoms with Gasteiger partial charge in [-0.05, 0) is 62.7 Å². The molecule has 0 saturated carbocycles. The fourth-order valence-electron chi connectivity index (χ4n) is 2.90. The van der Waals surface area contributed by atoms with E-state index >= 15 is 0 Å². The first-order valence-corrected chi connectivity index (χ1v) is 9.68. The zero-order valence-corrected chi connectivity index (χ0v) is 14.9. The number of rotatable bonds is 8. The lowest BCUT2D eigenvalue weighted by Gasteiger charge is -2.25. The van der Waals surface area contributed by atoms with Crippen LogP contribution in [0.4, 0.5) is 0 Å². The summed E-state index contributed by atoms with van der Waals surface area (Å²) in [4.78, 5) is 16.1. The van der Waals surface area contributed by atoms with Crippen LogP contribution in [0.3, 0.4) is 0 Å². The van der Waals surface area contributed by atoms with Gasteiger partial charge in [0.2, 0.25) is 0 Å². The molecule has 0 aliphatic carbocycles. The maximum Gasteiger partial charge on any atom is 0.164 e. The highest BCUT2D eigenvalue weighted by Gasteiger charge is 2.13. The molecule has 1 aromatic carbocycles. The van der Waals surface area contributed by atoms with E-state index in [0.29, 0.717) is 12.2 Å². The van der Waals surface area contributed by atoms with Crippen molar-refractivity contribution in [3.8, 4) is 0 Å². The smallest absolute Gasteiger partial charge is 0.164 e. The lowest BCUT2D eigenvalue weighted by molar-refractivity contribution is 0.0958. The van der Waals surface area contributed by atoms with Gasteiger partial charge in [0.25, 0.3) is 0 Å². The van der Waals surface area contributed by atoms with E-state index in [2.05, 4.69) is 30.9 Å². The van der Waals surface area contributed by atoms with Crippen molar-refractivity contribution in [1.82, 2.24) is 4.90 Å². The van der Waals surface area contributed by atoms with Crippen molar-refractivity contribution in [2.75, 3.05) is 25.4 Å². The third kappa shape index (κ3) is 5.44. The third-order valence-corrected chi connectivity index (χ3v) is 5.62. The van der Waals surface area contributed by atoms with Crippen molar-refractivity contribution in [3.63, 3.8) is 0 Å². The average Bonchev–Trinajstić information content (AvgIpc) is 2.55. The molecule has 1 heterocycles. The molecular weight excluding hydrogens is 290 g/mol. The molecule has 22 heavy (non-hydrogen) atoms. The number of thioether (sulfide) groups is 1. The zero-order valence-electron chi connectivity index (χ0n) is 14.1. The Morgan fingerprint density at radius 1 is 1.23 bits per heavy atom. The minimum absolute atomic E-state index is 0.291. The summed E-state index contributed by atoms with van der Waals surface area (Å²) in [5, 5.41) is 0. The van der Waals surface area contributed by atoms with Gasteiger partial charge < -0.3 is 4.90 Å². The van der Waals surface area contributed by atoms with Crippen LogP contribution < -0.4 is 0 Å². The Balaban J connectivity index is 1.85. The maximum absolute atomic E-state index is 12.4. The largest absolute Gasteiger partial charge is 0.303 e. The molecule has 0 unspecified atom stereocenters. The van der Waals surface area contributed by atoms with Crippen molar-refractivity contribution in [1.29, 1.82) is 0 Å². The number of carbonyl (C=O) groups is 1. The van der Waals surface area contributed by atoms with Gasteiger partial charge in [0.05, 0.1) is 0 Å². The summed E-state index contributed by atoms with van der Waals surface area (Å²) in [6.07, 6.45) is 7.07. The monoisotopic (exact) mass is 319 g/mol. The maximum atomic E-state index is 12.4. The molecule has 0 aromatic heterocycles. The number of piperidine rings is 1. The third-order valence-electron chi connectivity index (χ3n) is 4.36. The molecule has 0 bridgehead atoms. The fourth-order valence-corrected chi connectivity index (χ4v) is 4.00. The number of unbranched alkanes of at least 4 members (excludes halogenated alkanes) is 1. The Kier molecular flexibility index (Phi) is 7.47. The highest BCUT2D eigenvalue weighted by Crippen LogP contribution is 2.24. The number of aryl methyl sites for hydroxylation is 1. The molecule has 1 aliphatic heterocycles. The number of benzene rings is 1. The Labute approximate surface area is 139 Å². The van der Waals surface area contributed by atoms with Crippen molar-refractivity contribution in [2.24, 2.45) is 0 Å². The first-order chi connectivity index (χ1) is 10.7. The predicted molar refractivity (Wildman–Crippen MR) is 96.0 cm³/mol. The molecule has 2 rings (SSSR count). The number of hydrogen-bond donors (Lipinski definition) is 0. The van der Waals surface area contributed by atoms with Gasteiger partial charge in [-0.15, -0.1) is 11.8 Å². The van der Waals surface area contributed by atoms with Gasteiger partial charge in [-0.2, -0.15) is 0 Å². The second-order valence-electron chi connectivity index (χ2n) is 6.26. The molecular formula is C19H29NOS. The van der Waals surface area contributed by atoms with Crippen LogP contribution in [0.2, 0.25) is 0 Å². The van der Waals surface area contributed by atoms with Gasteiger partial charge in [0.15, 0.2) is 5.78 Å². The van der Waals surface area contributed by atoms with Crippen molar-refractivity contribution in [2.45, 2.75) is 57.3 Å². The zero-order chi connectivity index (χ0) is 15.8. The first kappa shape index (κ1) is 17.6. The summed E-state index contributed by atoms with van der Waals surface area (Å²) < 4.78 is 0. The van der Waals surface area contributed by atoms with E-state index in [1.54, 1.807) is 0 Å². The van der Waals surface area contributed by atoms with Gasteiger partial charge in [0.1, 0.15) is 0 Å². The van der Waals surface area contributed by atoms with Gasteiger partial charge in [-0.3, -0.25) is 4.79 Å². The van der Waals surface area contributed by atoms with Crippen LogP contribution in [0.15, 0.2) is 23.1 Å². The van der Waals surface area contributed by atoms with Crippen LogP contribution >= 0.6 is 11.8 Å². The van der Waals surface area contributed by atoms with E-state index in [9.17, 15) is 4.79 Å². The normalized spacial score (nSPS) is 15.9. The predicted octanol–water partition coefficient (Wildman–Crippen LogP) is 4.95. The molecule has 1 saturated heterocycles. The summed E-state index contributed by atoms with van der Waals surface area (Å²) in [6.45, 7) is 7.59. The van der Waals surface area contributed by atoms with Crippen LogP contribution in [0.5, 0.6) is 0 Å². The molecule has 3 heteroatoms. The van der Waals surface area contributed by atoms with Crippen molar-refractivity contribution in [3.05, 3.63) is 29.3 Å². The number of likely N-dealkylation sites (tertiary alicyclic amines) is 1. The van der Waals surface area contributed by atoms with E-state index < -0.39 is 0 Å². The second kappa shape index (κ2) is 9.36. The van der Waals surface area contributed by atoms with Gasteiger partial charge in [-0.1, -0.05) is 25.8 Å². The second-order valence-corrected chi connectivity index (χ2v) is 7.39. The van der Waals surface area contributed by atoms with Crippen molar-refractivity contribution < 1.29 is 4.79 Å². The Morgan fingerprint density at radius 2 is 2.00 bits per heavy atom. The molecule has 0 amide bonds. The van der Waals surface area contributed by atoms with E-state index in [1.165, 1.54) is 61.4 Å². The Hall–Kier alpha value is -0.800. The minimum atomic E-state index is 0.291. The lowest BCUT2D eigenvalue weighted by atomic mass is 10.0. The number of Topliss-reactive ketones (excluding diaryl/α,β-unsaturated/α-hetero) is 1. The standard InChI is InChI=1S/C19H29NOS/c1-3-4-14-22-19-9-8-17(15-16(19)2)18(21)10-13-20-11-6-5-7-12-20/h8-9,15H,3-7,10-14H2,1-2H3. The highest BCUT2D eigenvalue weighted by molar-refractivity contribution is 7.99. The minimum Gasteiger partial charge on any atom is -0.303 e. The van der Waals surface area contributed by atoms with Crippen LogP contribution in [0.1, 0.15) is 61.4 Å². The van der Waals surface area contributed by atoms with Gasteiger partial charge >= 0.3 is 0 Å². The quantitative estimate of drug-likeness (QED) is 0.384. The van der Waals surface area contributed by atoms with Crippen LogP contribution in [-0.4, -0.2) is 36.1 Å². The van der Waals surface area contributed by atoms with E-state index in [-0.39, 0.29) is 0 Å². The Bertz CT molecular complexity index is 480. The number of carbonyl (C=O) groups excluding carboxylic acids is 1. The fraction of sp³-hybridized carbons (Fsp3) is 0.632. The molecule has 0 N–H and O–H groups in total. The van der Waals surface area contributed by atoms with E-state index in [4.69, 9.17) is 0 Å². The topological polar surface area (TPSA) is 20.3 Å². The summed E-state index contributed by atoms with van der Waals surface area (Å²) in [5.41, 5.74) is 2.12. The molecule has 0 atom stereocenters. The summed E-state index contributed by atoms with van der Waals surface area (Å²) in [5.74, 6) is 1.46. The van der Waals surface area contributed by atoms with Crippen LogP contribution in [0, 0.1) is 6.92 Å². The molecule has 1 aromatic rings. The van der Waals surface area contributed by atoms with Crippen LogP contribution in [0.25, 0.3) is 0 Å².